The van der Waals surface area contributed by atoms with Crippen molar-refractivity contribution in [2.45, 2.75) is 25.9 Å². The highest BCUT2D eigenvalue weighted by atomic mass is 79.9. The molecule has 5 nitrogen and oxygen atoms in total. The number of hydrogen-bond acceptors (Lipinski definition) is 3. The molecule has 2 heterocycles. The van der Waals surface area contributed by atoms with Crippen LogP contribution in [0.15, 0.2) is 45.3 Å². The van der Waals surface area contributed by atoms with Crippen LogP contribution in [0.3, 0.4) is 0 Å². The van der Waals surface area contributed by atoms with Crippen LogP contribution < -0.4 is 5.32 Å². The van der Waals surface area contributed by atoms with Crippen LogP contribution in [0.5, 0.6) is 0 Å². The molecular formula is C16H15BrN2O3. The monoisotopic (exact) mass is 362 g/mol. The maximum Gasteiger partial charge on any atom is 0.325 e. The van der Waals surface area contributed by atoms with Gasteiger partial charge < -0.3 is 9.73 Å². The van der Waals surface area contributed by atoms with E-state index in [0.29, 0.717) is 11.5 Å². The number of halogens is 1. The summed E-state index contributed by atoms with van der Waals surface area (Å²) in [5, 5.41) is 2.73. The first kappa shape index (κ1) is 14.8. The molecule has 0 aliphatic carbocycles. The van der Waals surface area contributed by atoms with Gasteiger partial charge in [-0.1, -0.05) is 28.1 Å². The van der Waals surface area contributed by atoms with Crippen LogP contribution in [-0.2, 0) is 16.9 Å². The number of hydrogen-bond donors (Lipinski definition) is 1. The molecule has 1 aromatic carbocycles. The quantitative estimate of drug-likeness (QED) is 0.851. The van der Waals surface area contributed by atoms with E-state index in [1.165, 1.54) is 4.90 Å². The largest absolute Gasteiger partial charge is 0.463 e. The second kappa shape index (κ2) is 5.28. The number of carbonyl (C=O) groups is 2. The zero-order chi connectivity index (χ0) is 15.9. The number of carbonyl (C=O) groups excluding carboxylic acids is 2. The molecule has 1 aliphatic heterocycles. The van der Waals surface area contributed by atoms with Crippen molar-refractivity contribution in [3.8, 4) is 0 Å². The number of imide groups is 1. The van der Waals surface area contributed by atoms with E-state index in [9.17, 15) is 9.59 Å². The molecule has 2 aromatic rings. The van der Waals surface area contributed by atoms with Gasteiger partial charge in [-0.2, -0.15) is 0 Å². The number of aryl methyl sites for hydroxylation is 1. The minimum absolute atomic E-state index is 0.222. The van der Waals surface area contributed by atoms with Crippen molar-refractivity contribution in [3.05, 3.63) is 58.0 Å². The van der Waals surface area contributed by atoms with E-state index in [0.717, 1.165) is 10.0 Å². The number of amides is 3. The maximum atomic E-state index is 12.7. The van der Waals surface area contributed by atoms with E-state index in [2.05, 4.69) is 21.2 Å². The molecule has 3 rings (SSSR count). The van der Waals surface area contributed by atoms with Crippen LogP contribution in [0.25, 0.3) is 0 Å². The molecule has 0 spiro atoms. The lowest BCUT2D eigenvalue weighted by Gasteiger charge is -2.19. The van der Waals surface area contributed by atoms with Gasteiger partial charge >= 0.3 is 6.03 Å². The Morgan fingerprint density at radius 2 is 2.05 bits per heavy atom. The smallest absolute Gasteiger partial charge is 0.325 e. The number of nitrogens with zero attached hydrogens (tertiary/aromatic N) is 1. The van der Waals surface area contributed by atoms with Crippen molar-refractivity contribution in [3.63, 3.8) is 0 Å². The van der Waals surface area contributed by atoms with E-state index < -0.39 is 11.6 Å². The SMILES string of the molecule is Cc1ccc(C2(C)NC(=O)N(Cc3cccc(Br)c3)C2=O)o1. The summed E-state index contributed by atoms with van der Waals surface area (Å²) in [4.78, 5) is 26.1. The summed E-state index contributed by atoms with van der Waals surface area (Å²) < 4.78 is 6.44. The Bertz CT molecular complexity index is 755. The molecule has 0 radical (unpaired) electrons. The normalized spacial score (nSPS) is 21.3. The minimum Gasteiger partial charge on any atom is -0.463 e. The Balaban J connectivity index is 1.88. The van der Waals surface area contributed by atoms with Crippen LogP contribution >= 0.6 is 15.9 Å². The highest BCUT2D eigenvalue weighted by molar-refractivity contribution is 9.10. The van der Waals surface area contributed by atoms with Gasteiger partial charge in [-0.05, 0) is 43.7 Å². The first-order chi connectivity index (χ1) is 10.4. The molecule has 0 bridgehead atoms. The third-order valence-corrected chi connectivity index (χ3v) is 4.23. The molecule has 1 fully saturated rings. The van der Waals surface area contributed by atoms with Gasteiger partial charge in [0.2, 0.25) is 0 Å². The van der Waals surface area contributed by atoms with Crippen molar-refractivity contribution >= 4 is 27.9 Å². The van der Waals surface area contributed by atoms with Crippen LogP contribution in [0.2, 0.25) is 0 Å². The first-order valence-electron chi connectivity index (χ1n) is 6.85. The average molecular weight is 363 g/mol. The number of urea groups is 1. The molecule has 3 amide bonds. The minimum atomic E-state index is -1.16. The van der Waals surface area contributed by atoms with Crippen LogP contribution in [-0.4, -0.2) is 16.8 Å². The molecular weight excluding hydrogens is 348 g/mol. The van der Waals surface area contributed by atoms with Crippen LogP contribution in [0.4, 0.5) is 4.79 Å². The van der Waals surface area contributed by atoms with Gasteiger partial charge in [0.05, 0.1) is 6.54 Å². The van der Waals surface area contributed by atoms with Gasteiger partial charge in [-0.15, -0.1) is 0 Å². The van der Waals surface area contributed by atoms with Gasteiger partial charge in [0, 0.05) is 4.47 Å². The lowest BCUT2D eigenvalue weighted by molar-refractivity contribution is -0.132. The van der Waals surface area contributed by atoms with Crippen molar-refractivity contribution < 1.29 is 14.0 Å². The van der Waals surface area contributed by atoms with Crippen molar-refractivity contribution in [2.75, 3.05) is 0 Å². The van der Waals surface area contributed by atoms with Crippen molar-refractivity contribution in [1.29, 1.82) is 0 Å². The fourth-order valence-corrected chi connectivity index (χ4v) is 2.98. The third-order valence-electron chi connectivity index (χ3n) is 3.74. The molecule has 6 heteroatoms. The fourth-order valence-electron chi connectivity index (χ4n) is 2.53. The highest BCUT2D eigenvalue weighted by Gasteiger charge is 2.50. The molecule has 1 atom stereocenters. The molecule has 1 aromatic heterocycles. The van der Waals surface area contributed by atoms with E-state index in [4.69, 9.17) is 4.42 Å². The molecule has 22 heavy (non-hydrogen) atoms. The molecule has 1 aliphatic rings. The Hall–Kier alpha value is -2.08. The number of benzene rings is 1. The third kappa shape index (κ3) is 2.43. The molecule has 0 saturated carbocycles. The standard InChI is InChI=1S/C16H15BrN2O3/c1-10-6-7-13(22-10)16(2)14(20)19(15(21)18-16)9-11-4-3-5-12(17)8-11/h3-8H,9H2,1-2H3,(H,18,21). The Morgan fingerprint density at radius 1 is 1.27 bits per heavy atom. The lowest BCUT2D eigenvalue weighted by Crippen LogP contribution is -2.40. The summed E-state index contributed by atoms with van der Waals surface area (Å²) in [6.07, 6.45) is 0. The summed E-state index contributed by atoms with van der Waals surface area (Å²) in [7, 11) is 0. The second-order valence-electron chi connectivity index (χ2n) is 5.49. The molecule has 1 unspecified atom stereocenters. The predicted molar refractivity (Wildman–Crippen MR) is 84.0 cm³/mol. The fraction of sp³-hybridized carbons (Fsp3) is 0.250. The Kier molecular flexibility index (Phi) is 3.56. The van der Waals surface area contributed by atoms with Crippen molar-refractivity contribution in [2.24, 2.45) is 0 Å². The van der Waals surface area contributed by atoms with Gasteiger partial charge in [0.25, 0.3) is 5.91 Å². The van der Waals surface area contributed by atoms with E-state index in [1.54, 1.807) is 26.0 Å². The summed E-state index contributed by atoms with van der Waals surface area (Å²) in [6.45, 7) is 3.68. The topological polar surface area (TPSA) is 62.6 Å². The predicted octanol–water partition coefficient (Wildman–Crippen LogP) is 3.32. The summed E-state index contributed by atoms with van der Waals surface area (Å²) in [5.41, 5.74) is -0.282. The van der Waals surface area contributed by atoms with E-state index >= 15 is 0 Å². The highest BCUT2D eigenvalue weighted by Crippen LogP contribution is 2.31. The molecule has 114 valence electrons. The summed E-state index contributed by atoms with van der Waals surface area (Å²) in [5.74, 6) is 0.829. The Morgan fingerprint density at radius 3 is 2.68 bits per heavy atom. The van der Waals surface area contributed by atoms with Crippen molar-refractivity contribution in [1.82, 2.24) is 10.2 Å². The van der Waals surface area contributed by atoms with Crippen LogP contribution in [0.1, 0.15) is 24.0 Å². The van der Waals surface area contributed by atoms with Gasteiger partial charge in [-0.3, -0.25) is 9.69 Å². The van der Waals surface area contributed by atoms with Gasteiger partial charge in [0.1, 0.15) is 11.5 Å². The summed E-state index contributed by atoms with van der Waals surface area (Å²) >= 11 is 3.38. The Labute approximate surface area is 136 Å². The molecule has 1 saturated heterocycles. The van der Waals surface area contributed by atoms with E-state index in [1.807, 2.05) is 24.3 Å². The second-order valence-corrected chi connectivity index (χ2v) is 6.40. The number of furan rings is 1. The lowest BCUT2D eigenvalue weighted by atomic mass is 9.99. The number of rotatable bonds is 3. The first-order valence-corrected chi connectivity index (χ1v) is 7.65. The van der Waals surface area contributed by atoms with Gasteiger partial charge in [-0.25, -0.2) is 4.79 Å². The zero-order valence-corrected chi connectivity index (χ0v) is 13.8. The number of nitrogens with one attached hydrogen (secondary N) is 1. The van der Waals surface area contributed by atoms with Gasteiger partial charge in [0.15, 0.2) is 5.54 Å². The molecule has 1 N–H and O–H groups in total. The maximum absolute atomic E-state index is 12.7. The van der Waals surface area contributed by atoms with E-state index in [-0.39, 0.29) is 12.5 Å². The summed E-state index contributed by atoms with van der Waals surface area (Å²) in [6, 6.07) is 10.6. The zero-order valence-electron chi connectivity index (χ0n) is 12.2. The van der Waals surface area contributed by atoms with Crippen LogP contribution in [0, 0.1) is 6.92 Å². The average Bonchev–Trinajstić information content (AvgIpc) is 2.98.